The van der Waals surface area contributed by atoms with Gasteiger partial charge in [0.1, 0.15) is 11.5 Å². The smallest absolute Gasteiger partial charge is 0.235 e. The summed E-state index contributed by atoms with van der Waals surface area (Å²) in [4.78, 5) is 12.9. The number of nitrogens with one attached hydrogen (secondary N) is 1. The zero-order chi connectivity index (χ0) is 16.4. The first-order chi connectivity index (χ1) is 11.1. The Bertz CT molecular complexity index is 741. The lowest BCUT2D eigenvalue weighted by molar-refractivity contribution is -0.118. The maximum absolute atomic E-state index is 12.9. The lowest BCUT2D eigenvalue weighted by Gasteiger charge is -2.19. The van der Waals surface area contributed by atoms with Crippen LogP contribution < -0.4 is 14.8 Å². The number of carbonyl (C=O) groups is 1. The van der Waals surface area contributed by atoms with Crippen LogP contribution in [0.25, 0.3) is 0 Å². The van der Waals surface area contributed by atoms with Crippen LogP contribution in [0, 0.1) is 0 Å². The SMILES string of the molecule is COc1ccc(Cl)cc1NC(=O)C1(c2ccccc2OC)CC1. The van der Waals surface area contributed by atoms with Crippen molar-refractivity contribution in [1.82, 2.24) is 0 Å². The Labute approximate surface area is 140 Å². The molecule has 0 spiro atoms. The molecule has 4 nitrogen and oxygen atoms in total. The predicted molar refractivity (Wildman–Crippen MR) is 90.5 cm³/mol. The van der Waals surface area contributed by atoms with E-state index in [-0.39, 0.29) is 5.91 Å². The predicted octanol–water partition coefficient (Wildman–Crippen LogP) is 4.03. The quantitative estimate of drug-likeness (QED) is 0.900. The minimum atomic E-state index is -0.542. The van der Waals surface area contributed by atoms with Crippen molar-refractivity contribution in [3.63, 3.8) is 0 Å². The van der Waals surface area contributed by atoms with Crippen molar-refractivity contribution < 1.29 is 14.3 Å². The van der Waals surface area contributed by atoms with E-state index >= 15 is 0 Å². The molecular weight excluding hydrogens is 314 g/mol. The van der Waals surface area contributed by atoms with E-state index in [1.807, 2.05) is 24.3 Å². The van der Waals surface area contributed by atoms with Gasteiger partial charge in [0.2, 0.25) is 5.91 Å². The van der Waals surface area contributed by atoms with E-state index in [4.69, 9.17) is 21.1 Å². The van der Waals surface area contributed by atoms with Gasteiger partial charge in [-0.05, 0) is 37.1 Å². The fourth-order valence-electron chi connectivity index (χ4n) is 2.80. The molecule has 0 aliphatic heterocycles. The molecule has 0 bridgehead atoms. The second kappa shape index (κ2) is 6.13. The molecule has 1 aliphatic carbocycles. The summed E-state index contributed by atoms with van der Waals surface area (Å²) < 4.78 is 10.7. The fourth-order valence-corrected chi connectivity index (χ4v) is 2.98. The molecule has 0 unspecified atom stereocenters. The molecule has 0 atom stereocenters. The topological polar surface area (TPSA) is 47.6 Å². The number of methoxy groups -OCH3 is 2. The molecule has 1 saturated carbocycles. The van der Waals surface area contributed by atoms with Crippen LogP contribution in [-0.4, -0.2) is 20.1 Å². The van der Waals surface area contributed by atoms with Crippen molar-refractivity contribution in [2.24, 2.45) is 0 Å². The van der Waals surface area contributed by atoms with Gasteiger partial charge in [-0.15, -0.1) is 0 Å². The number of para-hydroxylation sites is 1. The molecule has 1 amide bonds. The van der Waals surface area contributed by atoms with Crippen LogP contribution in [0.4, 0.5) is 5.69 Å². The summed E-state index contributed by atoms with van der Waals surface area (Å²) in [5, 5.41) is 3.50. The zero-order valence-corrected chi connectivity index (χ0v) is 13.8. The first-order valence-electron chi connectivity index (χ1n) is 7.39. The number of benzene rings is 2. The van der Waals surface area contributed by atoms with E-state index in [1.165, 1.54) is 0 Å². The molecule has 3 rings (SSSR count). The summed E-state index contributed by atoms with van der Waals surface area (Å²) in [5.41, 5.74) is 0.951. The number of amides is 1. The van der Waals surface area contributed by atoms with E-state index < -0.39 is 5.41 Å². The zero-order valence-electron chi connectivity index (χ0n) is 13.1. The molecule has 2 aromatic rings. The largest absolute Gasteiger partial charge is 0.496 e. The van der Waals surface area contributed by atoms with Gasteiger partial charge in [-0.25, -0.2) is 0 Å². The van der Waals surface area contributed by atoms with Crippen LogP contribution in [0.3, 0.4) is 0 Å². The van der Waals surface area contributed by atoms with E-state index in [0.717, 1.165) is 24.2 Å². The summed E-state index contributed by atoms with van der Waals surface area (Å²) in [6.45, 7) is 0. The molecule has 0 aromatic heterocycles. The summed E-state index contributed by atoms with van der Waals surface area (Å²) in [6.07, 6.45) is 1.59. The Morgan fingerprint density at radius 3 is 2.43 bits per heavy atom. The molecule has 0 saturated heterocycles. The fraction of sp³-hybridized carbons (Fsp3) is 0.278. The summed E-state index contributed by atoms with van der Waals surface area (Å²) in [6, 6.07) is 12.8. The van der Waals surface area contributed by atoms with E-state index in [0.29, 0.717) is 16.5 Å². The highest BCUT2D eigenvalue weighted by Gasteiger charge is 2.52. The summed E-state index contributed by atoms with van der Waals surface area (Å²) >= 11 is 6.02. The van der Waals surface area contributed by atoms with E-state index in [2.05, 4.69) is 5.32 Å². The number of carbonyl (C=O) groups excluding carboxylic acids is 1. The number of ether oxygens (including phenoxy) is 2. The Balaban J connectivity index is 1.90. The van der Waals surface area contributed by atoms with Gasteiger partial charge >= 0.3 is 0 Å². The standard InChI is InChI=1S/C18H18ClNO3/c1-22-15-6-4-3-5-13(15)18(9-10-18)17(21)20-14-11-12(19)7-8-16(14)23-2/h3-8,11H,9-10H2,1-2H3,(H,20,21). The Morgan fingerprint density at radius 1 is 1.09 bits per heavy atom. The second-order valence-corrected chi connectivity index (χ2v) is 6.02. The molecule has 1 N–H and O–H groups in total. The normalized spacial score (nSPS) is 14.9. The highest BCUT2D eigenvalue weighted by atomic mass is 35.5. The molecular formula is C18H18ClNO3. The van der Waals surface area contributed by atoms with Crippen LogP contribution in [0.1, 0.15) is 18.4 Å². The molecule has 0 heterocycles. The van der Waals surface area contributed by atoms with Gasteiger partial charge in [-0.3, -0.25) is 4.79 Å². The number of hydrogen-bond donors (Lipinski definition) is 1. The van der Waals surface area contributed by atoms with E-state index in [9.17, 15) is 4.79 Å². The average Bonchev–Trinajstić information content (AvgIpc) is 3.37. The van der Waals surface area contributed by atoms with Gasteiger partial charge in [-0.1, -0.05) is 29.8 Å². The van der Waals surface area contributed by atoms with Crippen molar-refractivity contribution in [3.05, 3.63) is 53.1 Å². The van der Waals surface area contributed by atoms with Gasteiger partial charge in [0.25, 0.3) is 0 Å². The number of rotatable bonds is 5. The van der Waals surface area contributed by atoms with Crippen molar-refractivity contribution in [2.45, 2.75) is 18.3 Å². The first-order valence-corrected chi connectivity index (χ1v) is 7.77. The third-order valence-corrected chi connectivity index (χ3v) is 4.45. The maximum atomic E-state index is 12.9. The number of halogens is 1. The lowest BCUT2D eigenvalue weighted by Crippen LogP contribution is -2.28. The Hall–Kier alpha value is -2.20. The molecule has 0 radical (unpaired) electrons. The maximum Gasteiger partial charge on any atom is 0.235 e. The second-order valence-electron chi connectivity index (χ2n) is 5.58. The van der Waals surface area contributed by atoms with Crippen molar-refractivity contribution in [2.75, 3.05) is 19.5 Å². The van der Waals surface area contributed by atoms with Crippen LogP contribution in [0.5, 0.6) is 11.5 Å². The van der Waals surface area contributed by atoms with Crippen LogP contribution >= 0.6 is 11.6 Å². The number of anilines is 1. The van der Waals surface area contributed by atoms with Crippen molar-refractivity contribution in [1.29, 1.82) is 0 Å². The third kappa shape index (κ3) is 2.86. The molecule has 120 valence electrons. The molecule has 2 aromatic carbocycles. The molecule has 1 aliphatic rings. The molecule has 1 fully saturated rings. The summed E-state index contributed by atoms with van der Waals surface area (Å²) in [7, 11) is 3.18. The average molecular weight is 332 g/mol. The van der Waals surface area contributed by atoms with Gasteiger partial charge < -0.3 is 14.8 Å². The number of hydrogen-bond acceptors (Lipinski definition) is 3. The monoisotopic (exact) mass is 331 g/mol. The molecule has 5 heteroatoms. The van der Waals surface area contributed by atoms with E-state index in [1.54, 1.807) is 32.4 Å². The minimum Gasteiger partial charge on any atom is -0.496 e. The highest BCUT2D eigenvalue weighted by molar-refractivity contribution is 6.31. The highest BCUT2D eigenvalue weighted by Crippen LogP contribution is 2.52. The van der Waals surface area contributed by atoms with Crippen molar-refractivity contribution in [3.8, 4) is 11.5 Å². The van der Waals surface area contributed by atoms with Gasteiger partial charge in [0.05, 0.1) is 25.3 Å². The van der Waals surface area contributed by atoms with Gasteiger partial charge in [0, 0.05) is 10.6 Å². The first kappa shape index (κ1) is 15.7. The van der Waals surface area contributed by atoms with Crippen LogP contribution in [0.15, 0.2) is 42.5 Å². The van der Waals surface area contributed by atoms with Gasteiger partial charge in [-0.2, -0.15) is 0 Å². The molecule has 23 heavy (non-hydrogen) atoms. The minimum absolute atomic E-state index is 0.0671. The lowest BCUT2D eigenvalue weighted by atomic mass is 9.94. The van der Waals surface area contributed by atoms with Crippen LogP contribution in [-0.2, 0) is 10.2 Å². The van der Waals surface area contributed by atoms with Crippen LogP contribution in [0.2, 0.25) is 5.02 Å². The Morgan fingerprint density at radius 2 is 1.78 bits per heavy atom. The Kier molecular flexibility index (Phi) is 4.18. The van der Waals surface area contributed by atoms with Crippen molar-refractivity contribution >= 4 is 23.2 Å². The summed E-state index contributed by atoms with van der Waals surface area (Å²) in [5.74, 6) is 1.25. The van der Waals surface area contributed by atoms with Gasteiger partial charge in [0.15, 0.2) is 0 Å². The third-order valence-electron chi connectivity index (χ3n) is 4.22.